The van der Waals surface area contributed by atoms with Gasteiger partial charge in [-0.05, 0) is 56.8 Å². The summed E-state index contributed by atoms with van der Waals surface area (Å²) >= 11 is 0. The van der Waals surface area contributed by atoms with Crippen LogP contribution in [0.4, 0.5) is 0 Å². The van der Waals surface area contributed by atoms with Crippen molar-refractivity contribution >= 4 is 36.0 Å². The van der Waals surface area contributed by atoms with Gasteiger partial charge in [0.25, 0.3) is 8.32 Å². The van der Waals surface area contributed by atoms with Gasteiger partial charge in [0.2, 0.25) is 0 Å². The second-order valence-electron chi connectivity index (χ2n) is 10.2. The molecule has 3 rings (SSSR count). The standard InChI is InChI=1S/C24H32O4Si/c1-15-16-12-10-11-13-17(16)20(28-29(8,9)24(5,6)7)21-19(15)18(14-26-21)22(25)27-23(2,3)4/h10-14H,1-9H3. The first-order chi connectivity index (χ1) is 13.2. The fourth-order valence-electron chi connectivity index (χ4n) is 3.16. The maximum absolute atomic E-state index is 12.9. The summed E-state index contributed by atoms with van der Waals surface area (Å²) in [6.45, 7) is 18.7. The third kappa shape index (κ3) is 3.93. The molecule has 0 saturated heterocycles. The fourth-order valence-corrected chi connectivity index (χ4v) is 4.17. The van der Waals surface area contributed by atoms with Crippen molar-refractivity contribution < 1.29 is 18.4 Å². The maximum Gasteiger partial charge on any atom is 0.342 e. The summed E-state index contributed by atoms with van der Waals surface area (Å²) in [5, 5.41) is 2.87. The lowest BCUT2D eigenvalue weighted by molar-refractivity contribution is 0.00708. The zero-order valence-electron chi connectivity index (χ0n) is 19.0. The van der Waals surface area contributed by atoms with Crippen LogP contribution in [0.2, 0.25) is 18.1 Å². The zero-order valence-corrected chi connectivity index (χ0v) is 20.0. The summed E-state index contributed by atoms with van der Waals surface area (Å²) < 4.78 is 18.3. The highest BCUT2D eigenvalue weighted by Crippen LogP contribution is 2.45. The summed E-state index contributed by atoms with van der Waals surface area (Å²) in [7, 11) is -2.13. The number of hydrogen-bond acceptors (Lipinski definition) is 4. The molecule has 3 aromatic rings. The molecular weight excluding hydrogens is 380 g/mol. The summed E-state index contributed by atoms with van der Waals surface area (Å²) in [5.41, 5.74) is 1.48. The molecule has 1 heterocycles. The number of fused-ring (bicyclic) bond motifs is 2. The largest absolute Gasteiger partial charge is 0.541 e. The van der Waals surface area contributed by atoms with Gasteiger partial charge in [-0.25, -0.2) is 4.79 Å². The van der Waals surface area contributed by atoms with Crippen molar-refractivity contribution in [2.24, 2.45) is 0 Å². The molecule has 0 spiro atoms. The van der Waals surface area contributed by atoms with E-state index in [1.807, 2.05) is 39.8 Å². The first kappa shape index (κ1) is 21.4. The van der Waals surface area contributed by atoms with Crippen LogP contribution in [0.5, 0.6) is 5.75 Å². The molecule has 0 atom stereocenters. The van der Waals surface area contributed by atoms with E-state index in [1.165, 1.54) is 6.26 Å². The minimum absolute atomic E-state index is 0.0336. The Labute approximate surface area is 174 Å². The van der Waals surface area contributed by atoms with E-state index in [0.717, 1.165) is 27.5 Å². The molecule has 0 unspecified atom stereocenters. The van der Waals surface area contributed by atoms with Crippen molar-refractivity contribution in [3.8, 4) is 5.75 Å². The van der Waals surface area contributed by atoms with Gasteiger partial charge in [-0.3, -0.25) is 0 Å². The Balaban J connectivity index is 2.30. The minimum Gasteiger partial charge on any atom is -0.541 e. The van der Waals surface area contributed by atoms with E-state index in [0.29, 0.717) is 11.1 Å². The van der Waals surface area contributed by atoms with E-state index < -0.39 is 13.9 Å². The number of rotatable bonds is 3. The van der Waals surface area contributed by atoms with Crippen LogP contribution >= 0.6 is 0 Å². The van der Waals surface area contributed by atoms with Gasteiger partial charge >= 0.3 is 5.97 Å². The van der Waals surface area contributed by atoms with Crippen molar-refractivity contribution in [1.82, 2.24) is 0 Å². The van der Waals surface area contributed by atoms with E-state index in [9.17, 15) is 4.79 Å². The number of furan rings is 1. The van der Waals surface area contributed by atoms with Gasteiger partial charge in [0.1, 0.15) is 17.4 Å². The lowest BCUT2D eigenvalue weighted by atomic mass is 9.98. The molecule has 2 aromatic carbocycles. The van der Waals surface area contributed by atoms with Gasteiger partial charge < -0.3 is 13.6 Å². The first-order valence-corrected chi connectivity index (χ1v) is 13.0. The van der Waals surface area contributed by atoms with E-state index in [-0.39, 0.29) is 11.0 Å². The van der Waals surface area contributed by atoms with Gasteiger partial charge in [0, 0.05) is 10.8 Å². The maximum atomic E-state index is 12.9. The lowest BCUT2D eigenvalue weighted by Gasteiger charge is -2.36. The van der Waals surface area contributed by atoms with Crippen LogP contribution in [0.25, 0.3) is 21.7 Å². The molecule has 0 aliphatic carbocycles. The average molecular weight is 413 g/mol. The van der Waals surface area contributed by atoms with E-state index in [4.69, 9.17) is 13.6 Å². The van der Waals surface area contributed by atoms with Crippen LogP contribution in [0.1, 0.15) is 57.5 Å². The fraction of sp³-hybridized carbons (Fsp3) is 0.458. The van der Waals surface area contributed by atoms with Crippen molar-refractivity contribution in [3.05, 3.63) is 41.7 Å². The molecule has 0 fully saturated rings. The molecule has 0 radical (unpaired) electrons. The molecule has 4 nitrogen and oxygen atoms in total. The lowest BCUT2D eigenvalue weighted by Crippen LogP contribution is -2.43. The number of benzene rings is 2. The normalized spacial score (nSPS) is 13.1. The Hall–Kier alpha value is -2.27. The second kappa shape index (κ2) is 6.91. The number of ether oxygens (including phenoxy) is 1. The average Bonchev–Trinajstić information content (AvgIpc) is 3.01. The number of esters is 1. The molecule has 0 N–H and O–H groups in total. The van der Waals surface area contributed by atoms with Crippen LogP contribution in [-0.4, -0.2) is 19.9 Å². The van der Waals surface area contributed by atoms with Crippen molar-refractivity contribution in [3.63, 3.8) is 0 Å². The third-order valence-corrected chi connectivity index (χ3v) is 10.1. The number of aryl methyl sites for hydroxylation is 1. The number of hydrogen-bond donors (Lipinski definition) is 0. The summed E-state index contributed by atoms with van der Waals surface area (Å²) in [5.74, 6) is 0.343. The van der Waals surface area contributed by atoms with Crippen molar-refractivity contribution in [2.75, 3.05) is 0 Å². The van der Waals surface area contributed by atoms with Crippen LogP contribution < -0.4 is 4.43 Å². The summed E-state index contributed by atoms with van der Waals surface area (Å²) in [4.78, 5) is 12.9. The highest BCUT2D eigenvalue weighted by Gasteiger charge is 2.40. The van der Waals surface area contributed by atoms with E-state index in [1.54, 1.807) is 0 Å². The van der Waals surface area contributed by atoms with E-state index >= 15 is 0 Å². The minimum atomic E-state index is -2.13. The van der Waals surface area contributed by atoms with Crippen LogP contribution in [-0.2, 0) is 4.74 Å². The zero-order chi connectivity index (χ0) is 21.8. The van der Waals surface area contributed by atoms with Crippen molar-refractivity contribution in [1.29, 1.82) is 0 Å². The van der Waals surface area contributed by atoms with Crippen molar-refractivity contribution in [2.45, 2.75) is 72.2 Å². The Bertz CT molecular complexity index is 1080. The number of carbonyl (C=O) groups excluding carboxylic acids is 1. The predicted molar refractivity (Wildman–Crippen MR) is 121 cm³/mol. The molecule has 29 heavy (non-hydrogen) atoms. The predicted octanol–water partition coefficient (Wildman–Crippen LogP) is 7.23. The molecule has 0 aliphatic rings. The Morgan fingerprint density at radius 2 is 1.59 bits per heavy atom. The summed E-state index contributed by atoms with van der Waals surface area (Å²) in [6.07, 6.45) is 1.50. The van der Waals surface area contributed by atoms with Gasteiger partial charge in [0.15, 0.2) is 11.3 Å². The highest BCUT2D eigenvalue weighted by molar-refractivity contribution is 6.75. The van der Waals surface area contributed by atoms with Gasteiger partial charge in [-0.1, -0.05) is 45.0 Å². The number of carbonyl (C=O) groups is 1. The smallest absolute Gasteiger partial charge is 0.342 e. The Kier molecular flexibility index (Phi) is 5.10. The molecule has 5 heteroatoms. The second-order valence-corrected chi connectivity index (χ2v) is 14.9. The molecule has 0 aliphatic heterocycles. The third-order valence-electron chi connectivity index (χ3n) is 5.73. The molecule has 0 bridgehead atoms. The van der Waals surface area contributed by atoms with Gasteiger partial charge in [-0.15, -0.1) is 0 Å². The van der Waals surface area contributed by atoms with Crippen LogP contribution in [0, 0.1) is 6.92 Å². The quantitative estimate of drug-likeness (QED) is 0.336. The molecule has 1 aromatic heterocycles. The summed E-state index contributed by atoms with van der Waals surface area (Å²) in [6, 6.07) is 8.13. The van der Waals surface area contributed by atoms with Gasteiger partial charge in [-0.2, -0.15) is 0 Å². The molecule has 0 saturated carbocycles. The van der Waals surface area contributed by atoms with E-state index in [2.05, 4.69) is 46.0 Å². The van der Waals surface area contributed by atoms with Crippen LogP contribution in [0.3, 0.4) is 0 Å². The van der Waals surface area contributed by atoms with Crippen LogP contribution in [0.15, 0.2) is 34.9 Å². The monoisotopic (exact) mass is 412 g/mol. The SMILES string of the molecule is Cc1c2ccccc2c(O[Si](C)(C)C(C)(C)C)c2occ(C(=O)OC(C)(C)C)c12. The molecule has 0 amide bonds. The Morgan fingerprint density at radius 1 is 1.00 bits per heavy atom. The Morgan fingerprint density at radius 3 is 2.14 bits per heavy atom. The topological polar surface area (TPSA) is 48.7 Å². The first-order valence-electron chi connectivity index (χ1n) is 10.1. The molecule has 156 valence electrons. The van der Waals surface area contributed by atoms with Gasteiger partial charge in [0.05, 0.1) is 0 Å². The molecular formula is C24H32O4Si. The highest BCUT2D eigenvalue weighted by atomic mass is 28.4.